The molecular formula is C15H18ClN3. The van der Waals surface area contributed by atoms with E-state index >= 15 is 0 Å². The van der Waals surface area contributed by atoms with Crippen molar-refractivity contribution in [3.8, 4) is 0 Å². The van der Waals surface area contributed by atoms with Crippen LogP contribution in [-0.4, -0.2) is 16.5 Å². The summed E-state index contributed by atoms with van der Waals surface area (Å²) in [7, 11) is 0. The number of hydrogen-bond donors (Lipinski definition) is 2. The number of aromatic amines is 1. The zero-order chi connectivity index (χ0) is 13.1. The molecular weight excluding hydrogens is 258 g/mol. The molecule has 1 heterocycles. The summed E-state index contributed by atoms with van der Waals surface area (Å²) in [5.74, 6) is 0.991. The Hall–Kier alpha value is -1.32. The summed E-state index contributed by atoms with van der Waals surface area (Å²) in [6.07, 6.45) is 7.45. The lowest BCUT2D eigenvalue weighted by atomic mass is 9.64. The second-order valence-electron chi connectivity index (χ2n) is 5.28. The summed E-state index contributed by atoms with van der Waals surface area (Å²) in [5, 5.41) is 4.32. The van der Waals surface area contributed by atoms with Crippen LogP contribution in [0.25, 0.3) is 0 Å². The molecule has 1 aliphatic carbocycles. The van der Waals surface area contributed by atoms with Crippen LogP contribution in [0.5, 0.6) is 0 Å². The highest BCUT2D eigenvalue weighted by atomic mass is 35.5. The van der Waals surface area contributed by atoms with E-state index in [1.54, 1.807) is 6.20 Å². The molecule has 1 aromatic heterocycles. The fourth-order valence-electron chi connectivity index (χ4n) is 2.79. The van der Waals surface area contributed by atoms with Crippen molar-refractivity contribution in [1.82, 2.24) is 15.3 Å². The monoisotopic (exact) mass is 275 g/mol. The number of halogens is 1. The van der Waals surface area contributed by atoms with Gasteiger partial charge in [-0.3, -0.25) is 0 Å². The van der Waals surface area contributed by atoms with Gasteiger partial charge >= 0.3 is 0 Å². The minimum absolute atomic E-state index is 0.289. The van der Waals surface area contributed by atoms with E-state index in [0.29, 0.717) is 0 Å². The van der Waals surface area contributed by atoms with Crippen LogP contribution in [0.1, 0.15) is 30.7 Å². The zero-order valence-electron chi connectivity index (χ0n) is 10.8. The molecule has 0 saturated heterocycles. The first-order chi connectivity index (χ1) is 9.28. The molecule has 1 fully saturated rings. The number of nitrogens with one attached hydrogen (secondary N) is 2. The Bertz CT molecular complexity index is 515. The molecule has 2 N–H and O–H groups in total. The van der Waals surface area contributed by atoms with E-state index in [1.165, 1.54) is 24.8 Å². The van der Waals surface area contributed by atoms with Gasteiger partial charge in [-0.25, -0.2) is 4.98 Å². The van der Waals surface area contributed by atoms with Crippen LogP contribution in [-0.2, 0) is 12.0 Å². The molecule has 0 bridgehead atoms. The maximum Gasteiger partial charge on any atom is 0.120 e. The van der Waals surface area contributed by atoms with Crippen LogP contribution >= 0.6 is 11.6 Å². The first-order valence-electron chi connectivity index (χ1n) is 6.74. The second-order valence-corrected chi connectivity index (χ2v) is 5.72. The quantitative estimate of drug-likeness (QED) is 0.879. The molecule has 3 nitrogen and oxygen atoms in total. The van der Waals surface area contributed by atoms with Crippen LogP contribution in [0.15, 0.2) is 36.7 Å². The molecule has 0 aliphatic heterocycles. The summed E-state index contributed by atoms with van der Waals surface area (Å²) in [6.45, 7) is 1.79. The molecule has 3 rings (SSSR count). The smallest absolute Gasteiger partial charge is 0.120 e. The predicted molar refractivity (Wildman–Crippen MR) is 77.3 cm³/mol. The third-order valence-electron chi connectivity index (χ3n) is 4.08. The number of benzene rings is 1. The highest BCUT2D eigenvalue weighted by Crippen LogP contribution is 2.43. The Kier molecular flexibility index (Phi) is 3.58. The van der Waals surface area contributed by atoms with E-state index in [-0.39, 0.29) is 5.41 Å². The van der Waals surface area contributed by atoms with Crippen LogP contribution in [0, 0.1) is 0 Å². The Labute approximate surface area is 118 Å². The number of aromatic nitrogens is 2. The predicted octanol–water partition coefficient (Wildman–Crippen LogP) is 3.27. The van der Waals surface area contributed by atoms with Crippen LogP contribution in [0.4, 0.5) is 0 Å². The van der Waals surface area contributed by atoms with Crippen molar-refractivity contribution in [3.05, 3.63) is 53.1 Å². The molecule has 2 aromatic rings. The summed E-state index contributed by atoms with van der Waals surface area (Å²) >= 11 is 5.97. The van der Waals surface area contributed by atoms with Gasteiger partial charge in [-0.2, -0.15) is 0 Å². The van der Waals surface area contributed by atoms with Crippen LogP contribution in [0.3, 0.4) is 0 Å². The van der Waals surface area contributed by atoms with Crippen molar-refractivity contribution in [2.75, 3.05) is 6.54 Å². The molecule has 0 unspecified atom stereocenters. The molecule has 0 atom stereocenters. The lowest BCUT2D eigenvalue weighted by Crippen LogP contribution is -2.43. The van der Waals surface area contributed by atoms with E-state index in [9.17, 15) is 0 Å². The minimum Gasteiger partial charge on any atom is -0.348 e. The van der Waals surface area contributed by atoms with E-state index in [4.69, 9.17) is 11.6 Å². The number of nitrogens with zero attached hydrogens (tertiary/aromatic N) is 1. The lowest BCUT2D eigenvalue weighted by molar-refractivity contribution is 0.232. The van der Waals surface area contributed by atoms with Crippen LogP contribution in [0.2, 0.25) is 5.02 Å². The molecule has 0 spiro atoms. The summed E-state index contributed by atoms with van der Waals surface area (Å²) in [4.78, 5) is 7.34. The normalized spacial score (nSPS) is 17.1. The van der Waals surface area contributed by atoms with Crippen molar-refractivity contribution in [3.63, 3.8) is 0 Å². The average molecular weight is 276 g/mol. The number of hydrogen-bond acceptors (Lipinski definition) is 2. The fraction of sp³-hybridized carbons (Fsp3) is 0.400. The van der Waals surface area contributed by atoms with E-state index in [2.05, 4.69) is 27.4 Å². The van der Waals surface area contributed by atoms with Gasteiger partial charge in [0.2, 0.25) is 0 Å². The zero-order valence-corrected chi connectivity index (χ0v) is 11.6. The third kappa shape index (κ3) is 2.67. The minimum atomic E-state index is 0.289. The molecule has 100 valence electrons. The van der Waals surface area contributed by atoms with Crippen molar-refractivity contribution < 1.29 is 0 Å². The molecule has 0 amide bonds. The SMILES string of the molecule is Clc1ccc(C2(CNCc3ncc[nH]3)CCC2)cc1. The van der Waals surface area contributed by atoms with Gasteiger partial charge in [-0.05, 0) is 30.5 Å². The molecule has 1 saturated carbocycles. The van der Waals surface area contributed by atoms with Gasteiger partial charge in [-0.1, -0.05) is 30.2 Å². The largest absolute Gasteiger partial charge is 0.348 e. The Morgan fingerprint density at radius 2 is 2.05 bits per heavy atom. The van der Waals surface area contributed by atoms with Gasteiger partial charge in [-0.15, -0.1) is 0 Å². The lowest BCUT2D eigenvalue weighted by Gasteiger charge is -2.42. The average Bonchev–Trinajstić information content (AvgIpc) is 2.87. The molecule has 19 heavy (non-hydrogen) atoms. The van der Waals surface area contributed by atoms with Gasteiger partial charge in [0.25, 0.3) is 0 Å². The number of H-pyrrole nitrogens is 1. The summed E-state index contributed by atoms with van der Waals surface area (Å²) in [6, 6.07) is 8.30. The fourth-order valence-corrected chi connectivity index (χ4v) is 2.92. The first kappa shape index (κ1) is 12.7. The second kappa shape index (κ2) is 5.35. The van der Waals surface area contributed by atoms with Crippen molar-refractivity contribution in [1.29, 1.82) is 0 Å². The van der Waals surface area contributed by atoms with Gasteiger partial charge in [0.05, 0.1) is 6.54 Å². The van der Waals surface area contributed by atoms with Crippen molar-refractivity contribution >= 4 is 11.6 Å². The highest BCUT2D eigenvalue weighted by Gasteiger charge is 2.38. The Morgan fingerprint density at radius 3 is 2.63 bits per heavy atom. The van der Waals surface area contributed by atoms with Gasteiger partial charge in [0.15, 0.2) is 0 Å². The standard InChI is InChI=1S/C15H18ClN3/c16-13-4-2-12(3-5-13)15(6-1-7-15)11-17-10-14-18-8-9-19-14/h2-5,8-9,17H,1,6-7,10-11H2,(H,18,19). The highest BCUT2D eigenvalue weighted by molar-refractivity contribution is 6.30. The van der Waals surface area contributed by atoms with E-state index < -0.39 is 0 Å². The van der Waals surface area contributed by atoms with Gasteiger partial charge in [0.1, 0.15) is 5.82 Å². The third-order valence-corrected chi connectivity index (χ3v) is 4.33. The van der Waals surface area contributed by atoms with Crippen molar-refractivity contribution in [2.45, 2.75) is 31.2 Å². The van der Waals surface area contributed by atoms with Gasteiger partial charge < -0.3 is 10.3 Å². The molecule has 0 radical (unpaired) electrons. The molecule has 1 aliphatic rings. The Morgan fingerprint density at radius 1 is 1.26 bits per heavy atom. The topological polar surface area (TPSA) is 40.7 Å². The number of rotatable bonds is 5. The maximum absolute atomic E-state index is 5.97. The van der Waals surface area contributed by atoms with E-state index in [0.717, 1.165) is 23.9 Å². The van der Waals surface area contributed by atoms with Crippen molar-refractivity contribution in [2.24, 2.45) is 0 Å². The van der Waals surface area contributed by atoms with E-state index in [1.807, 2.05) is 18.3 Å². The number of imidazole rings is 1. The van der Waals surface area contributed by atoms with Gasteiger partial charge in [0, 0.05) is 29.4 Å². The van der Waals surface area contributed by atoms with Crippen LogP contribution < -0.4 is 5.32 Å². The molecule has 1 aromatic carbocycles. The Balaban J connectivity index is 1.64. The molecule has 4 heteroatoms. The summed E-state index contributed by atoms with van der Waals surface area (Å²) in [5.41, 5.74) is 1.69. The summed E-state index contributed by atoms with van der Waals surface area (Å²) < 4.78 is 0. The first-order valence-corrected chi connectivity index (χ1v) is 7.11. The maximum atomic E-state index is 5.97.